The van der Waals surface area contributed by atoms with E-state index >= 15 is 0 Å². The zero-order valence-electron chi connectivity index (χ0n) is 12.8. The number of hydrogen-bond donors (Lipinski definition) is 0. The molecule has 1 saturated heterocycles. The second-order valence-corrected chi connectivity index (χ2v) is 7.88. The van der Waals surface area contributed by atoms with Crippen molar-refractivity contribution in [2.75, 3.05) is 13.1 Å². The molecule has 1 aliphatic carbocycles. The van der Waals surface area contributed by atoms with Gasteiger partial charge >= 0.3 is 0 Å². The van der Waals surface area contributed by atoms with E-state index in [1.807, 2.05) is 5.51 Å². The molecule has 0 N–H and O–H groups in total. The van der Waals surface area contributed by atoms with Crippen molar-refractivity contribution < 1.29 is 0 Å². The number of nitrogens with zero attached hydrogens (tertiary/aromatic N) is 2. The van der Waals surface area contributed by atoms with Gasteiger partial charge in [-0.05, 0) is 68.8 Å². The van der Waals surface area contributed by atoms with Gasteiger partial charge in [0.15, 0.2) is 0 Å². The normalized spacial score (nSPS) is 23.9. The molecule has 1 aromatic carbocycles. The Bertz CT molecular complexity index is 617. The van der Waals surface area contributed by atoms with E-state index < -0.39 is 0 Å². The van der Waals surface area contributed by atoms with Crippen LogP contribution in [-0.4, -0.2) is 23.0 Å². The second kappa shape index (κ2) is 5.36. The summed E-state index contributed by atoms with van der Waals surface area (Å²) in [6, 6.07) is 7.35. The molecule has 2 fully saturated rings. The summed E-state index contributed by atoms with van der Waals surface area (Å²) in [5.74, 6) is 0. The molecule has 2 aromatic rings. The summed E-state index contributed by atoms with van der Waals surface area (Å²) in [5.41, 5.74) is 5.25. The summed E-state index contributed by atoms with van der Waals surface area (Å²) in [6.45, 7) is 4.91. The van der Waals surface area contributed by atoms with Crippen LogP contribution in [0.1, 0.15) is 57.1 Å². The van der Waals surface area contributed by atoms with Crippen molar-refractivity contribution >= 4 is 21.6 Å². The Morgan fingerprint density at radius 3 is 2.67 bits per heavy atom. The molecule has 1 aromatic heterocycles. The average molecular weight is 300 g/mol. The number of thiazole rings is 1. The molecule has 21 heavy (non-hydrogen) atoms. The van der Waals surface area contributed by atoms with Gasteiger partial charge in [-0.3, -0.25) is 4.90 Å². The highest BCUT2D eigenvalue weighted by Crippen LogP contribution is 2.47. The Labute approximate surface area is 131 Å². The van der Waals surface area contributed by atoms with Gasteiger partial charge < -0.3 is 0 Å². The van der Waals surface area contributed by atoms with Crippen molar-refractivity contribution in [1.82, 2.24) is 9.88 Å². The van der Waals surface area contributed by atoms with Crippen molar-refractivity contribution in [3.8, 4) is 0 Å². The quantitative estimate of drug-likeness (QED) is 0.774. The highest BCUT2D eigenvalue weighted by molar-refractivity contribution is 7.16. The second-order valence-electron chi connectivity index (χ2n) is 7.00. The van der Waals surface area contributed by atoms with Crippen molar-refractivity contribution in [2.24, 2.45) is 5.41 Å². The SMILES string of the molecule is CC(c1ccc2scnc2c1)N1CCC2(CCCC2)CC1. The van der Waals surface area contributed by atoms with Gasteiger partial charge in [0.2, 0.25) is 0 Å². The van der Waals surface area contributed by atoms with Crippen LogP contribution in [0.4, 0.5) is 0 Å². The molecule has 2 heterocycles. The minimum Gasteiger partial charge on any atom is -0.297 e. The van der Waals surface area contributed by atoms with Crippen LogP contribution in [0.25, 0.3) is 10.2 Å². The molecule has 1 saturated carbocycles. The summed E-state index contributed by atoms with van der Waals surface area (Å²) in [5, 5.41) is 0. The molecule has 3 heteroatoms. The molecular formula is C18H24N2S. The van der Waals surface area contributed by atoms with Crippen LogP contribution >= 0.6 is 11.3 Å². The van der Waals surface area contributed by atoms with Crippen LogP contribution in [0.5, 0.6) is 0 Å². The number of piperidine rings is 1. The van der Waals surface area contributed by atoms with E-state index in [0.717, 1.165) is 10.9 Å². The van der Waals surface area contributed by atoms with Crippen LogP contribution in [0, 0.1) is 5.41 Å². The third kappa shape index (κ3) is 2.51. The van der Waals surface area contributed by atoms with Crippen molar-refractivity contribution in [3.63, 3.8) is 0 Å². The third-order valence-corrected chi connectivity index (χ3v) is 6.72. The van der Waals surface area contributed by atoms with E-state index in [-0.39, 0.29) is 0 Å². The number of aromatic nitrogens is 1. The lowest BCUT2D eigenvalue weighted by Crippen LogP contribution is -2.40. The maximum Gasteiger partial charge on any atom is 0.0815 e. The molecule has 0 bridgehead atoms. The van der Waals surface area contributed by atoms with Gasteiger partial charge in [0, 0.05) is 6.04 Å². The molecule has 1 atom stereocenters. The number of fused-ring (bicyclic) bond motifs is 1. The first-order chi connectivity index (χ1) is 10.3. The summed E-state index contributed by atoms with van der Waals surface area (Å²) >= 11 is 1.73. The largest absolute Gasteiger partial charge is 0.297 e. The maximum atomic E-state index is 4.46. The lowest BCUT2D eigenvalue weighted by molar-refractivity contribution is 0.0814. The lowest BCUT2D eigenvalue weighted by atomic mass is 9.76. The fourth-order valence-electron chi connectivity index (χ4n) is 4.36. The first kappa shape index (κ1) is 13.7. The third-order valence-electron chi connectivity index (χ3n) is 5.91. The summed E-state index contributed by atoms with van der Waals surface area (Å²) < 4.78 is 1.30. The molecule has 112 valence electrons. The fraction of sp³-hybridized carbons (Fsp3) is 0.611. The zero-order chi connectivity index (χ0) is 14.3. The lowest BCUT2D eigenvalue weighted by Gasteiger charge is -2.42. The van der Waals surface area contributed by atoms with Gasteiger partial charge in [0.05, 0.1) is 15.7 Å². The standard InChI is InChI=1S/C18H24N2S/c1-14(15-4-5-17-16(12-15)19-13-21-17)20-10-8-18(9-11-20)6-2-3-7-18/h4-5,12-14H,2-3,6-11H2,1H3. The van der Waals surface area contributed by atoms with E-state index in [9.17, 15) is 0 Å². The van der Waals surface area contributed by atoms with Gasteiger partial charge in [0.25, 0.3) is 0 Å². The van der Waals surface area contributed by atoms with Crippen LogP contribution < -0.4 is 0 Å². The van der Waals surface area contributed by atoms with Gasteiger partial charge in [-0.25, -0.2) is 4.98 Å². The molecule has 0 radical (unpaired) electrons. The first-order valence-corrected chi connectivity index (χ1v) is 9.21. The first-order valence-electron chi connectivity index (χ1n) is 8.33. The molecule has 1 unspecified atom stereocenters. The number of likely N-dealkylation sites (tertiary alicyclic amines) is 1. The van der Waals surface area contributed by atoms with Crippen LogP contribution in [0.3, 0.4) is 0 Å². The molecule has 4 rings (SSSR count). The molecule has 1 aliphatic heterocycles. The summed E-state index contributed by atoms with van der Waals surface area (Å²) in [4.78, 5) is 7.14. The van der Waals surface area contributed by atoms with E-state index in [2.05, 4.69) is 35.0 Å². The molecule has 1 spiro atoms. The van der Waals surface area contributed by atoms with Crippen LogP contribution in [0.15, 0.2) is 23.7 Å². The predicted molar refractivity (Wildman–Crippen MR) is 89.7 cm³/mol. The Hall–Kier alpha value is -0.930. The van der Waals surface area contributed by atoms with Gasteiger partial charge in [-0.2, -0.15) is 0 Å². The molecule has 2 aliphatic rings. The molecule has 0 amide bonds. The van der Waals surface area contributed by atoms with E-state index in [1.54, 1.807) is 11.3 Å². The van der Waals surface area contributed by atoms with Crippen molar-refractivity contribution in [3.05, 3.63) is 29.3 Å². The minimum atomic E-state index is 0.523. The topological polar surface area (TPSA) is 16.1 Å². The zero-order valence-corrected chi connectivity index (χ0v) is 13.7. The average Bonchev–Trinajstić information content (AvgIpc) is 3.16. The monoisotopic (exact) mass is 300 g/mol. The smallest absolute Gasteiger partial charge is 0.0815 e. The highest BCUT2D eigenvalue weighted by Gasteiger charge is 2.37. The van der Waals surface area contributed by atoms with Crippen molar-refractivity contribution in [2.45, 2.75) is 51.5 Å². The Balaban J connectivity index is 1.48. The molecule has 2 nitrogen and oxygen atoms in total. The Morgan fingerprint density at radius 2 is 1.90 bits per heavy atom. The van der Waals surface area contributed by atoms with E-state index in [1.165, 1.54) is 61.9 Å². The van der Waals surface area contributed by atoms with Crippen LogP contribution in [0.2, 0.25) is 0 Å². The number of rotatable bonds is 2. The van der Waals surface area contributed by atoms with Gasteiger partial charge in [-0.1, -0.05) is 18.9 Å². The Morgan fingerprint density at radius 1 is 1.14 bits per heavy atom. The van der Waals surface area contributed by atoms with Gasteiger partial charge in [0.1, 0.15) is 0 Å². The highest BCUT2D eigenvalue weighted by atomic mass is 32.1. The summed E-state index contributed by atoms with van der Waals surface area (Å²) in [7, 11) is 0. The summed E-state index contributed by atoms with van der Waals surface area (Å²) in [6.07, 6.45) is 8.73. The van der Waals surface area contributed by atoms with E-state index in [0.29, 0.717) is 6.04 Å². The number of benzene rings is 1. The molecular weight excluding hydrogens is 276 g/mol. The minimum absolute atomic E-state index is 0.523. The fourth-order valence-corrected chi connectivity index (χ4v) is 5.02. The maximum absolute atomic E-state index is 4.46. The number of hydrogen-bond acceptors (Lipinski definition) is 3. The predicted octanol–water partition coefficient (Wildman–Crippen LogP) is 5.01. The van der Waals surface area contributed by atoms with Crippen molar-refractivity contribution in [1.29, 1.82) is 0 Å². The van der Waals surface area contributed by atoms with Crippen LogP contribution in [-0.2, 0) is 0 Å². The Kier molecular flexibility index (Phi) is 3.50. The van der Waals surface area contributed by atoms with Gasteiger partial charge in [-0.15, -0.1) is 11.3 Å². The van der Waals surface area contributed by atoms with E-state index in [4.69, 9.17) is 0 Å².